The average Bonchev–Trinajstić information content (AvgIpc) is 3.23. The summed E-state index contributed by atoms with van der Waals surface area (Å²) in [6.45, 7) is 3.28. The summed E-state index contributed by atoms with van der Waals surface area (Å²) >= 11 is 2.98. The van der Waals surface area contributed by atoms with E-state index in [0.29, 0.717) is 5.56 Å². The minimum Gasteiger partial charge on any atom is -0.503 e. The van der Waals surface area contributed by atoms with Crippen molar-refractivity contribution in [3.63, 3.8) is 0 Å². The molecule has 1 aliphatic heterocycles. The zero-order valence-corrected chi connectivity index (χ0v) is 19.6. The Balaban J connectivity index is 1.89. The van der Waals surface area contributed by atoms with Crippen LogP contribution in [0, 0.1) is 0 Å². The number of rotatable bonds is 8. The molecule has 1 aromatic heterocycles. The molecule has 0 radical (unpaired) electrons. The lowest BCUT2D eigenvalue weighted by atomic mass is 10.0. The molecule has 1 unspecified atom stereocenters. The number of aromatic nitrogens is 2. The topological polar surface area (TPSA) is 92.0 Å². The Morgan fingerprint density at radius 1 is 1.39 bits per heavy atom. The maximum atomic E-state index is 13.8. The molecule has 1 saturated heterocycles. The van der Waals surface area contributed by atoms with Gasteiger partial charge in [0.1, 0.15) is 22.9 Å². The van der Waals surface area contributed by atoms with Crippen LogP contribution in [0.15, 0.2) is 35.1 Å². The van der Waals surface area contributed by atoms with Gasteiger partial charge in [0.15, 0.2) is 11.4 Å². The summed E-state index contributed by atoms with van der Waals surface area (Å²) in [6.07, 6.45) is -4.21. The maximum Gasteiger partial charge on any atom is 0.424 e. The molecule has 8 nitrogen and oxygen atoms in total. The first-order valence-corrected chi connectivity index (χ1v) is 10.5. The van der Waals surface area contributed by atoms with Crippen molar-refractivity contribution in [1.29, 1.82) is 0 Å². The average molecular weight is 535 g/mol. The maximum absolute atomic E-state index is 13.8. The van der Waals surface area contributed by atoms with E-state index in [1.165, 1.54) is 13.2 Å². The Hall–Kier alpha value is -2.57. The fraction of sp³-hybridized carbons (Fsp3) is 0.429. The molecule has 0 saturated carbocycles. The van der Waals surface area contributed by atoms with E-state index in [-0.39, 0.29) is 35.5 Å². The number of benzene rings is 1. The summed E-state index contributed by atoms with van der Waals surface area (Å²) in [5, 5.41) is 13.4. The van der Waals surface area contributed by atoms with Crippen LogP contribution in [-0.4, -0.2) is 46.5 Å². The van der Waals surface area contributed by atoms with Crippen LogP contribution in [0.5, 0.6) is 5.88 Å². The molecule has 0 amide bonds. The van der Waals surface area contributed by atoms with Crippen LogP contribution in [0.2, 0.25) is 0 Å². The third kappa shape index (κ3) is 5.87. The number of nitrogens with zero attached hydrogens (tertiary/aromatic N) is 2. The molecule has 1 aromatic carbocycles. The lowest BCUT2D eigenvalue weighted by Crippen LogP contribution is -2.24. The van der Waals surface area contributed by atoms with Gasteiger partial charge in [-0.2, -0.15) is 13.2 Å². The van der Waals surface area contributed by atoms with Gasteiger partial charge >= 0.3 is 12.1 Å². The minimum atomic E-state index is -4.75. The number of hydrogen-bond acceptors (Lipinski definition) is 6. The molecular weight excluding hydrogens is 513 g/mol. The highest BCUT2D eigenvalue weighted by atomic mass is 79.9. The molecule has 0 bridgehead atoms. The smallest absolute Gasteiger partial charge is 0.424 e. The molecule has 12 heteroatoms. The van der Waals surface area contributed by atoms with E-state index in [0.717, 1.165) is 10.9 Å². The van der Waals surface area contributed by atoms with Crippen molar-refractivity contribution >= 4 is 27.5 Å². The van der Waals surface area contributed by atoms with Crippen molar-refractivity contribution in [3.05, 3.63) is 51.8 Å². The van der Waals surface area contributed by atoms with Gasteiger partial charge in [-0.25, -0.2) is 4.79 Å². The van der Waals surface area contributed by atoms with E-state index in [1.807, 2.05) is 0 Å². The first kappa shape index (κ1) is 25.1. The number of methoxy groups -OCH3 is 1. The molecule has 2 heterocycles. The standard InChI is InChI=1S/C21H22BrF3N2O6/c1-20(2)32-10-13(33-20)8-27-17(22)16(21(23,24)25)18(26-27)31-9-12-6-4-5-7-14(12)15(11-30-3)19(28)29/h4-7,11,13H,8-10H2,1-3H3,(H,28,29)/b15-11+. The van der Waals surface area contributed by atoms with Crippen molar-refractivity contribution < 1.29 is 42.0 Å². The summed E-state index contributed by atoms with van der Waals surface area (Å²) < 4.78 is 63.5. The SMILES string of the molecule is CO/C=C(/C(=O)O)c1ccccc1COc1nn(CC2COC(C)(C)O2)c(Br)c1C(F)(F)F. The lowest BCUT2D eigenvalue weighted by Gasteiger charge is -2.17. The van der Waals surface area contributed by atoms with E-state index in [1.54, 1.807) is 32.0 Å². The Bertz CT molecular complexity index is 1050. The predicted octanol–water partition coefficient (Wildman–Crippen LogP) is 4.47. The predicted molar refractivity (Wildman–Crippen MR) is 113 cm³/mol. The summed E-state index contributed by atoms with van der Waals surface area (Å²) in [7, 11) is 1.29. The van der Waals surface area contributed by atoms with Gasteiger partial charge in [-0.05, 0) is 40.9 Å². The fourth-order valence-electron chi connectivity index (χ4n) is 3.33. The van der Waals surface area contributed by atoms with Gasteiger partial charge in [0.25, 0.3) is 0 Å². The normalized spacial score (nSPS) is 18.4. The lowest BCUT2D eigenvalue weighted by molar-refractivity contribution is -0.141. The van der Waals surface area contributed by atoms with Gasteiger partial charge in [0.2, 0.25) is 5.88 Å². The summed E-state index contributed by atoms with van der Waals surface area (Å²) in [5.74, 6) is -2.73. The number of alkyl halides is 3. The number of ether oxygens (including phenoxy) is 4. The van der Waals surface area contributed by atoms with E-state index in [9.17, 15) is 23.1 Å². The van der Waals surface area contributed by atoms with Crippen LogP contribution in [0.1, 0.15) is 30.5 Å². The third-order valence-electron chi connectivity index (χ3n) is 4.72. The highest BCUT2D eigenvalue weighted by molar-refractivity contribution is 9.10. The highest BCUT2D eigenvalue weighted by Gasteiger charge is 2.42. The Morgan fingerprint density at radius 2 is 2.09 bits per heavy atom. The van der Waals surface area contributed by atoms with E-state index < -0.39 is 35.5 Å². The summed E-state index contributed by atoms with van der Waals surface area (Å²) in [5.41, 5.74) is -0.654. The van der Waals surface area contributed by atoms with Gasteiger partial charge in [-0.15, -0.1) is 5.10 Å². The fourth-order valence-corrected chi connectivity index (χ4v) is 3.95. The molecule has 0 aliphatic carbocycles. The molecule has 0 spiro atoms. The van der Waals surface area contributed by atoms with Crippen LogP contribution in [0.4, 0.5) is 13.2 Å². The van der Waals surface area contributed by atoms with Gasteiger partial charge in [0, 0.05) is 0 Å². The first-order chi connectivity index (χ1) is 15.4. The van der Waals surface area contributed by atoms with Gasteiger partial charge in [-0.1, -0.05) is 24.3 Å². The molecule has 1 N–H and O–H groups in total. The van der Waals surface area contributed by atoms with Crippen LogP contribution in [0.3, 0.4) is 0 Å². The quantitative estimate of drug-likeness (QED) is 0.394. The van der Waals surface area contributed by atoms with Crippen LogP contribution >= 0.6 is 15.9 Å². The summed E-state index contributed by atoms with van der Waals surface area (Å²) in [6, 6.07) is 6.28. The van der Waals surface area contributed by atoms with Crippen LogP contribution in [-0.2, 0) is 38.3 Å². The van der Waals surface area contributed by atoms with Gasteiger partial charge in [0.05, 0.1) is 26.5 Å². The van der Waals surface area contributed by atoms with Crippen LogP contribution in [0.25, 0.3) is 5.57 Å². The Labute approximate surface area is 196 Å². The highest BCUT2D eigenvalue weighted by Crippen LogP contribution is 2.41. The molecule has 33 heavy (non-hydrogen) atoms. The van der Waals surface area contributed by atoms with Crippen molar-refractivity contribution in [2.75, 3.05) is 13.7 Å². The van der Waals surface area contributed by atoms with Gasteiger partial charge < -0.3 is 24.1 Å². The summed E-state index contributed by atoms with van der Waals surface area (Å²) in [4.78, 5) is 11.6. The molecule has 3 rings (SSSR count). The number of halogens is 4. The Morgan fingerprint density at radius 3 is 2.67 bits per heavy atom. The Kier molecular flexibility index (Phi) is 7.39. The second-order valence-electron chi connectivity index (χ2n) is 7.62. The molecule has 1 aliphatic rings. The number of carbonyl (C=O) groups is 1. The molecule has 1 atom stereocenters. The zero-order valence-electron chi connectivity index (χ0n) is 18.0. The molecule has 1 fully saturated rings. The largest absolute Gasteiger partial charge is 0.503 e. The van der Waals surface area contributed by atoms with E-state index in [2.05, 4.69) is 21.0 Å². The second kappa shape index (κ2) is 9.74. The first-order valence-electron chi connectivity index (χ1n) is 9.75. The number of aliphatic carboxylic acids is 1. The molecule has 180 valence electrons. The van der Waals surface area contributed by atoms with Gasteiger partial charge in [-0.3, -0.25) is 4.68 Å². The molecule has 2 aromatic rings. The minimum absolute atomic E-state index is 0.00673. The zero-order chi connectivity index (χ0) is 24.4. The van der Waals surface area contributed by atoms with Crippen molar-refractivity contribution in [2.45, 2.75) is 45.1 Å². The number of carboxylic acid groups (broad SMARTS) is 1. The second-order valence-corrected chi connectivity index (χ2v) is 8.37. The molecular formula is C21H22BrF3N2O6. The monoisotopic (exact) mass is 534 g/mol. The van der Waals surface area contributed by atoms with Crippen LogP contribution < -0.4 is 4.74 Å². The van der Waals surface area contributed by atoms with E-state index in [4.69, 9.17) is 18.9 Å². The third-order valence-corrected chi connectivity index (χ3v) is 5.53. The van der Waals surface area contributed by atoms with Crippen molar-refractivity contribution in [1.82, 2.24) is 9.78 Å². The number of hydrogen-bond donors (Lipinski definition) is 1. The van der Waals surface area contributed by atoms with E-state index >= 15 is 0 Å². The van der Waals surface area contributed by atoms with Crippen molar-refractivity contribution in [2.24, 2.45) is 0 Å². The number of carboxylic acids is 1. The van der Waals surface area contributed by atoms with Crippen molar-refractivity contribution in [3.8, 4) is 5.88 Å².